The molecule has 5 atom stereocenters. The van der Waals surface area contributed by atoms with Crippen LogP contribution in [0.4, 0.5) is 0 Å². The van der Waals surface area contributed by atoms with Crippen LogP contribution in [-0.2, 0) is 52.4 Å². The van der Waals surface area contributed by atoms with Gasteiger partial charge in [0.05, 0.1) is 0 Å². The molecule has 0 spiro atoms. The zero-order chi connectivity index (χ0) is 20.7. The number of esters is 5. The van der Waals surface area contributed by atoms with Gasteiger partial charge in [-0.3, -0.25) is 24.0 Å². The molecule has 1 fully saturated rings. The van der Waals surface area contributed by atoms with E-state index in [1.54, 1.807) is 0 Å². The Hall–Kier alpha value is -2.69. The van der Waals surface area contributed by atoms with Crippen molar-refractivity contribution in [3.8, 4) is 0 Å². The average molecular weight is 390 g/mol. The first kappa shape index (κ1) is 22.4. The molecular weight excluding hydrogens is 368 g/mol. The molecule has 11 heteroatoms. The number of carbonyl (C=O) groups is 5. The van der Waals surface area contributed by atoms with Gasteiger partial charge in [0.2, 0.25) is 12.4 Å². The molecule has 0 N–H and O–H groups in total. The summed E-state index contributed by atoms with van der Waals surface area (Å²) >= 11 is 0. The largest absolute Gasteiger partial charge is 0.463 e. The Balaban J connectivity index is 3.29. The van der Waals surface area contributed by atoms with Crippen LogP contribution in [0.1, 0.15) is 34.6 Å². The summed E-state index contributed by atoms with van der Waals surface area (Å²) in [5.74, 6) is -3.71. The lowest BCUT2D eigenvalue weighted by Crippen LogP contribution is -2.63. The third-order valence-corrected chi connectivity index (χ3v) is 3.23. The number of rotatable bonds is 6. The molecule has 152 valence electrons. The Kier molecular flexibility index (Phi) is 8.16. The van der Waals surface area contributed by atoms with Crippen molar-refractivity contribution in [2.45, 2.75) is 65.3 Å². The van der Waals surface area contributed by atoms with Crippen molar-refractivity contribution in [2.24, 2.45) is 0 Å². The average Bonchev–Trinajstić information content (AvgIpc) is 2.49. The fraction of sp³-hybridized carbons (Fsp3) is 0.688. The van der Waals surface area contributed by atoms with Gasteiger partial charge in [-0.25, -0.2) is 0 Å². The van der Waals surface area contributed by atoms with Crippen molar-refractivity contribution in [3.63, 3.8) is 0 Å². The zero-order valence-corrected chi connectivity index (χ0v) is 15.6. The molecule has 27 heavy (non-hydrogen) atoms. The molecule has 1 heterocycles. The smallest absolute Gasteiger partial charge is 0.305 e. The molecule has 0 bridgehead atoms. The van der Waals surface area contributed by atoms with Crippen molar-refractivity contribution in [1.82, 2.24) is 0 Å². The fourth-order valence-corrected chi connectivity index (χ4v) is 2.45. The number of carbonyl (C=O) groups excluding carboxylic acids is 5. The lowest BCUT2D eigenvalue weighted by Gasteiger charge is -2.43. The Bertz CT molecular complexity index is 599. The van der Waals surface area contributed by atoms with Gasteiger partial charge in [-0.1, -0.05) is 0 Å². The minimum absolute atomic E-state index is 0.393. The molecule has 0 aliphatic carbocycles. The summed E-state index contributed by atoms with van der Waals surface area (Å²) in [6.45, 7) is 5.13. The van der Waals surface area contributed by atoms with Gasteiger partial charge in [0.1, 0.15) is 12.7 Å². The lowest BCUT2D eigenvalue weighted by atomic mass is 9.98. The summed E-state index contributed by atoms with van der Waals surface area (Å²) in [6, 6.07) is 0. The first-order valence-electron chi connectivity index (χ1n) is 7.99. The van der Waals surface area contributed by atoms with Crippen molar-refractivity contribution in [1.29, 1.82) is 0 Å². The predicted molar refractivity (Wildman–Crippen MR) is 83.7 cm³/mol. The second-order valence-corrected chi connectivity index (χ2v) is 5.68. The maximum atomic E-state index is 11.5. The summed E-state index contributed by atoms with van der Waals surface area (Å²) in [5, 5.41) is 0. The number of hydrogen-bond acceptors (Lipinski definition) is 11. The molecule has 0 aromatic rings. The summed E-state index contributed by atoms with van der Waals surface area (Å²) in [6.07, 6.45) is -6.70. The first-order chi connectivity index (χ1) is 12.5. The van der Waals surface area contributed by atoms with E-state index in [1.807, 2.05) is 0 Å². The van der Waals surface area contributed by atoms with Crippen LogP contribution in [0.15, 0.2) is 0 Å². The van der Waals surface area contributed by atoms with Crippen LogP contribution in [0.25, 0.3) is 0 Å². The van der Waals surface area contributed by atoms with Crippen LogP contribution in [0, 0.1) is 0 Å². The summed E-state index contributed by atoms with van der Waals surface area (Å²) < 4.78 is 30.8. The van der Waals surface area contributed by atoms with Crippen LogP contribution < -0.4 is 0 Å². The van der Waals surface area contributed by atoms with Gasteiger partial charge in [-0.05, 0) is 0 Å². The van der Waals surface area contributed by atoms with Crippen LogP contribution in [0.2, 0.25) is 0 Å². The van der Waals surface area contributed by atoms with Gasteiger partial charge >= 0.3 is 29.8 Å². The molecule has 0 radical (unpaired) electrons. The lowest BCUT2D eigenvalue weighted by molar-refractivity contribution is -0.300. The van der Waals surface area contributed by atoms with E-state index in [1.165, 1.54) is 0 Å². The van der Waals surface area contributed by atoms with Gasteiger partial charge in [0, 0.05) is 34.6 Å². The summed E-state index contributed by atoms with van der Waals surface area (Å²) in [7, 11) is 0. The Morgan fingerprint density at radius 2 is 1.07 bits per heavy atom. The van der Waals surface area contributed by atoms with Crippen molar-refractivity contribution >= 4 is 29.8 Å². The maximum Gasteiger partial charge on any atom is 0.305 e. The highest BCUT2D eigenvalue weighted by Gasteiger charge is 2.53. The van der Waals surface area contributed by atoms with Gasteiger partial charge < -0.3 is 28.4 Å². The molecule has 11 nitrogen and oxygen atoms in total. The van der Waals surface area contributed by atoms with Crippen LogP contribution in [0.3, 0.4) is 0 Å². The molecule has 1 saturated heterocycles. The van der Waals surface area contributed by atoms with E-state index in [4.69, 9.17) is 28.4 Å². The third-order valence-electron chi connectivity index (χ3n) is 3.23. The molecular formula is C16H22O11. The van der Waals surface area contributed by atoms with Crippen molar-refractivity contribution in [3.05, 3.63) is 0 Å². The Labute approximate surface area is 155 Å². The normalized spacial score (nSPS) is 27.1. The van der Waals surface area contributed by atoms with E-state index in [0.29, 0.717) is 0 Å². The highest BCUT2D eigenvalue weighted by Crippen LogP contribution is 2.29. The second-order valence-electron chi connectivity index (χ2n) is 5.68. The minimum Gasteiger partial charge on any atom is -0.463 e. The highest BCUT2D eigenvalue weighted by atomic mass is 16.7. The van der Waals surface area contributed by atoms with E-state index < -0.39 is 67.2 Å². The zero-order valence-electron chi connectivity index (χ0n) is 15.6. The molecule has 0 amide bonds. The Morgan fingerprint density at radius 1 is 0.630 bits per heavy atom. The van der Waals surface area contributed by atoms with Gasteiger partial charge in [-0.15, -0.1) is 0 Å². The Morgan fingerprint density at radius 3 is 1.52 bits per heavy atom. The highest BCUT2D eigenvalue weighted by molar-refractivity contribution is 5.69. The van der Waals surface area contributed by atoms with Gasteiger partial charge in [0.25, 0.3) is 0 Å². The van der Waals surface area contributed by atoms with E-state index in [0.717, 1.165) is 34.6 Å². The monoisotopic (exact) mass is 390 g/mol. The quantitative estimate of drug-likeness (QED) is 0.433. The molecule has 0 aromatic carbocycles. The predicted octanol–water partition coefficient (Wildman–Crippen LogP) is -0.367. The number of ether oxygens (including phenoxy) is 6. The van der Waals surface area contributed by atoms with E-state index in [2.05, 4.69) is 0 Å². The van der Waals surface area contributed by atoms with Crippen molar-refractivity contribution in [2.75, 3.05) is 6.61 Å². The van der Waals surface area contributed by atoms with Gasteiger partial charge in [-0.2, -0.15) is 0 Å². The molecule has 0 saturated carbocycles. The van der Waals surface area contributed by atoms with E-state index >= 15 is 0 Å². The summed E-state index contributed by atoms with van der Waals surface area (Å²) in [5.41, 5.74) is 0. The second kappa shape index (κ2) is 9.86. The minimum atomic E-state index is -1.48. The SMILES string of the molecule is CC(=O)OCC1O[C@H](OC(C)=O)C(OC(C)=O)[C@H](OC(C)=O)[C@H]1OC(C)=O. The van der Waals surface area contributed by atoms with E-state index in [9.17, 15) is 24.0 Å². The van der Waals surface area contributed by atoms with Gasteiger partial charge in [0.15, 0.2) is 12.2 Å². The third kappa shape index (κ3) is 7.21. The molecule has 0 aromatic heterocycles. The standard InChI is InChI=1S/C16H22O11/c1-7(17)22-6-12-13(23-8(2)18)14(24-9(3)19)15(25-10(4)20)16(27-12)26-11(5)21/h12-16H,6H2,1-5H3/t12?,13-,14+,15?,16-/m0/s1. The van der Waals surface area contributed by atoms with Crippen LogP contribution in [0.5, 0.6) is 0 Å². The topological polar surface area (TPSA) is 141 Å². The molecule has 2 unspecified atom stereocenters. The van der Waals surface area contributed by atoms with Crippen LogP contribution >= 0.6 is 0 Å². The fourth-order valence-electron chi connectivity index (χ4n) is 2.45. The molecule has 1 rings (SSSR count). The van der Waals surface area contributed by atoms with E-state index in [-0.39, 0.29) is 0 Å². The summed E-state index contributed by atoms with van der Waals surface area (Å²) in [4.78, 5) is 57.0. The first-order valence-corrected chi connectivity index (χ1v) is 7.99. The molecule has 1 aliphatic heterocycles. The maximum absolute atomic E-state index is 11.5. The van der Waals surface area contributed by atoms with Crippen molar-refractivity contribution < 1.29 is 52.4 Å². The number of hydrogen-bond donors (Lipinski definition) is 0. The molecule has 1 aliphatic rings. The van der Waals surface area contributed by atoms with Crippen LogP contribution in [-0.4, -0.2) is 67.2 Å².